The molecule has 2 aromatic rings. The fourth-order valence-electron chi connectivity index (χ4n) is 2.00. The topological polar surface area (TPSA) is 29.9 Å². The monoisotopic (exact) mass is 295 g/mol. The molecule has 0 atom stereocenters. The zero-order valence-corrected chi connectivity index (χ0v) is 12.2. The molecule has 3 nitrogen and oxygen atoms in total. The number of hydrogen-bond donors (Lipinski definition) is 1. The number of aryl methyl sites for hydroxylation is 1. The maximum atomic E-state index is 6.09. The summed E-state index contributed by atoms with van der Waals surface area (Å²) in [5.41, 5.74) is 2.98. The Morgan fingerprint density at radius 2 is 2.16 bits per heavy atom. The highest BCUT2D eigenvalue weighted by atomic mass is 35.5. The van der Waals surface area contributed by atoms with Crippen molar-refractivity contribution in [2.45, 2.75) is 32.4 Å². The van der Waals surface area contributed by atoms with E-state index in [0.717, 1.165) is 17.9 Å². The van der Waals surface area contributed by atoms with Crippen molar-refractivity contribution in [3.05, 3.63) is 45.7 Å². The molecule has 100 valence electrons. The maximum absolute atomic E-state index is 6.09. The van der Waals surface area contributed by atoms with Crippen LogP contribution in [0.3, 0.4) is 0 Å². The van der Waals surface area contributed by atoms with Gasteiger partial charge in [-0.1, -0.05) is 29.3 Å². The molecule has 1 fully saturated rings. The van der Waals surface area contributed by atoms with Crippen molar-refractivity contribution in [1.29, 1.82) is 0 Å². The second-order valence-electron chi connectivity index (χ2n) is 4.94. The van der Waals surface area contributed by atoms with E-state index in [0.29, 0.717) is 16.1 Å². The number of rotatable bonds is 4. The average molecular weight is 296 g/mol. The fraction of sp³-hybridized carbons (Fsp3) is 0.357. The highest BCUT2D eigenvalue weighted by molar-refractivity contribution is 6.31. The van der Waals surface area contributed by atoms with E-state index in [4.69, 9.17) is 23.2 Å². The summed E-state index contributed by atoms with van der Waals surface area (Å²) in [6.45, 7) is 2.72. The SMILES string of the molecule is Cc1nn(-c2cc(Cl)ccc2CNC2CC2)cc1Cl. The Bertz CT molecular complexity index is 583. The maximum Gasteiger partial charge on any atom is 0.0819 e. The highest BCUT2D eigenvalue weighted by Crippen LogP contribution is 2.24. The van der Waals surface area contributed by atoms with Crippen molar-refractivity contribution in [3.63, 3.8) is 0 Å². The lowest BCUT2D eigenvalue weighted by Gasteiger charge is -2.11. The van der Waals surface area contributed by atoms with Crippen LogP contribution in [-0.2, 0) is 6.54 Å². The van der Waals surface area contributed by atoms with Crippen LogP contribution in [0.25, 0.3) is 5.69 Å². The van der Waals surface area contributed by atoms with Crippen LogP contribution >= 0.6 is 23.2 Å². The molecule has 5 heteroatoms. The zero-order valence-electron chi connectivity index (χ0n) is 10.7. The first kappa shape index (κ1) is 13.0. The Hall–Kier alpha value is -1.03. The van der Waals surface area contributed by atoms with Crippen LogP contribution in [0.1, 0.15) is 24.1 Å². The van der Waals surface area contributed by atoms with Crippen molar-refractivity contribution in [3.8, 4) is 5.69 Å². The van der Waals surface area contributed by atoms with E-state index in [1.54, 1.807) is 4.68 Å². The molecule has 0 radical (unpaired) electrons. The van der Waals surface area contributed by atoms with Crippen molar-refractivity contribution in [1.82, 2.24) is 15.1 Å². The van der Waals surface area contributed by atoms with E-state index in [1.807, 2.05) is 31.3 Å². The largest absolute Gasteiger partial charge is 0.310 e. The molecule has 1 aliphatic rings. The number of halogens is 2. The van der Waals surface area contributed by atoms with Crippen molar-refractivity contribution in [2.24, 2.45) is 0 Å². The molecule has 0 amide bonds. The van der Waals surface area contributed by atoms with Gasteiger partial charge in [-0.2, -0.15) is 5.10 Å². The molecule has 1 saturated carbocycles. The first-order valence-electron chi connectivity index (χ1n) is 6.37. The summed E-state index contributed by atoms with van der Waals surface area (Å²) in [5, 5.41) is 9.30. The number of aromatic nitrogens is 2. The Balaban J connectivity index is 1.94. The summed E-state index contributed by atoms with van der Waals surface area (Å²) in [5.74, 6) is 0. The predicted octanol–water partition coefficient (Wildman–Crippen LogP) is 3.74. The number of nitrogens with one attached hydrogen (secondary N) is 1. The van der Waals surface area contributed by atoms with Gasteiger partial charge in [0.15, 0.2) is 0 Å². The minimum Gasteiger partial charge on any atom is -0.310 e. The third kappa shape index (κ3) is 2.94. The first-order chi connectivity index (χ1) is 9.13. The molecule has 1 N–H and O–H groups in total. The Morgan fingerprint density at radius 3 is 2.79 bits per heavy atom. The smallest absolute Gasteiger partial charge is 0.0819 e. The predicted molar refractivity (Wildman–Crippen MR) is 78.2 cm³/mol. The molecular weight excluding hydrogens is 281 g/mol. The molecule has 0 bridgehead atoms. The van der Waals surface area contributed by atoms with Crippen LogP contribution in [-0.4, -0.2) is 15.8 Å². The van der Waals surface area contributed by atoms with Gasteiger partial charge in [0.2, 0.25) is 0 Å². The molecule has 1 aromatic heterocycles. The molecule has 1 heterocycles. The van der Waals surface area contributed by atoms with E-state index in [1.165, 1.54) is 18.4 Å². The van der Waals surface area contributed by atoms with E-state index >= 15 is 0 Å². The summed E-state index contributed by atoms with van der Waals surface area (Å²) in [6, 6.07) is 6.55. The van der Waals surface area contributed by atoms with Gasteiger partial charge in [0.1, 0.15) is 0 Å². The van der Waals surface area contributed by atoms with Gasteiger partial charge in [-0.15, -0.1) is 0 Å². The minimum atomic E-state index is 0.668. The van der Waals surface area contributed by atoms with Crippen LogP contribution in [0.5, 0.6) is 0 Å². The van der Waals surface area contributed by atoms with Crippen LogP contribution < -0.4 is 5.32 Å². The Kier molecular flexibility index (Phi) is 3.52. The quantitative estimate of drug-likeness (QED) is 0.931. The molecule has 19 heavy (non-hydrogen) atoms. The third-order valence-corrected chi connectivity index (χ3v) is 3.90. The molecular formula is C14H15Cl2N3. The number of hydrogen-bond acceptors (Lipinski definition) is 2. The lowest BCUT2D eigenvalue weighted by molar-refractivity contribution is 0.681. The third-order valence-electron chi connectivity index (χ3n) is 3.29. The summed E-state index contributed by atoms with van der Waals surface area (Å²) >= 11 is 12.2. The van der Waals surface area contributed by atoms with Crippen LogP contribution in [0, 0.1) is 6.92 Å². The second-order valence-corrected chi connectivity index (χ2v) is 5.78. The molecule has 0 spiro atoms. The fourth-order valence-corrected chi connectivity index (χ4v) is 2.30. The van der Waals surface area contributed by atoms with Crippen molar-refractivity contribution < 1.29 is 0 Å². The van der Waals surface area contributed by atoms with Gasteiger partial charge in [-0.05, 0) is 37.5 Å². The lowest BCUT2D eigenvalue weighted by atomic mass is 10.1. The van der Waals surface area contributed by atoms with Gasteiger partial charge in [0, 0.05) is 23.8 Å². The van der Waals surface area contributed by atoms with Gasteiger partial charge in [-0.3, -0.25) is 0 Å². The molecule has 3 rings (SSSR count). The number of nitrogens with zero attached hydrogens (tertiary/aromatic N) is 2. The summed E-state index contributed by atoms with van der Waals surface area (Å²) in [7, 11) is 0. The molecule has 0 aliphatic heterocycles. The van der Waals surface area contributed by atoms with Gasteiger partial charge in [0.25, 0.3) is 0 Å². The van der Waals surface area contributed by atoms with E-state index < -0.39 is 0 Å². The van der Waals surface area contributed by atoms with Crippen molar-refractivity contribution in [2.75, 3.05) is 0 Å². The van der Waals surface area contributed by atoms with Crippen molar-refractivity contribution >= 4 is 23.2 Å². The average Bonchev–Trinajstić information content (AvgIpc) is 3.14. The van der Waals surface area contributed by atoms with Crippen LogP contribution in [0.4, 0.5) is 0 Å². The molecule has 1 aliphatic carbocycles. The summed E-state index contributed by atoms with van der Waals surface area (Å²) < 4.78 is 1.80. The lowest BCUT2D eigenvalue weighted by Crippen LogP contribution is -2.17. The minimum absolute atomic E-state index is 0.668. The van der Waals surface area contributed by atoms with Gasteiger partial charge in [-0.25, -0.2) is 4.68 Å². The molecule has 0 saturated heterocycles. The van der Waals surface area contributed by atoms with Crippen LogP contribution in [0.15, 0.2) is 24.4 Å². The molecule has 1 aromatic carbocycles. The van der Waals surface area contributed by atoms with Gasteiger partial charge >= 0.3 is 0 Å². The Labute approximate surface area is 122 Å². The van der Waals surface area contributed by atoms with E-state index in [2.05, 4.69) is 10.4 Å². The Morgan fingerprint density at radius 1 is 1.37 bits per heavy atom. The van der Waals surface area contributed by atoms with E-state index in [-0.39, 0.29) is 0 Å². The molecule has 0 unspecified atom stereocenters. The summed E-state index contributed by atoms with van der Waals surface area (Å²) in [4.78, 5) is 0. The normalized spacial score (nSPS) is 14.9. The van der Waals surface area contributed by atoms with Crippen LogP contribution in [0.2, 0.25) is 10.0 Å². The standard InChI is InChI=1S/C14H15Cl2N3/c1-9-13(16)8-19(18-9)14-6-11(15)3-2-10(14)7-17-12-4-5-12/h2-3,6,8,12,17H,4-5,7H2,1H3. The van der Waals surface area contributed by atoms with Gasteiger partial charge in [0.05, 0.1) is 16.4 Å². The van der Waals surface area contributed by atoms with Gasteiger partial charge < -0.3 is 5.32 Å². The summed E-state index contributed by atoms with van der Waals surface area (Å²) in [6.07, 6.45) is 4.37. The highest BCUT2D eigenvalue weighted by Gasteiger charge is 2.20. The first-order valence-corrected chi connectivity index (χ1v) is 7.13. The zero-order chi connectivity index (χ0) is 13.4. The number of benzene rings is 1. The second kappa shape index (κ2) is 5.16. The van der Waals surface area contributed by atoms with E-state index in [9.17, 15) is 0 Å².